The number of hydrogen-bond donors (Lipinski definition) is 0. The normalized spacial score (nSPS) is 24.6. The van der Waals surface area contributed by atoms with E-state index >= 15 is 0 Å². The number of halogens is 1. The van der Waals surface area contributed by atoms with Gasteiger partial charge in [-0.2, -0.15) is 0 Å². The van der Waals surface area contributed by atoms with Crippen LogP contribution in [-0.4, -0.2) is 25.3 Å². The first-order chi connectivity index (χ1) is 8.92. The summed E-state index contributed by atoms with van der Waals surface area (Å²) in [6.45, 7) is 7.69. The molecule has 0 nitrogen and oxygen atoms in total. The molecule has 2 saturated carbocycles. The van der Waals surface area contributed by atoms with Crippen molar-refractivity contribution in [3.8, 4) is 0 Å². The molecule has 2 fully saturated rings. The molecule has 0 heterocycles. The molecule has 0 aromatic rings. The first-order valence-corrected chi connectivity index (χ1v) is 21.2. The van der Waals surface area contributed by atoms with Crippen LogP contribution in [0.2, 0.25) is 31.6 Å². The third-order valence-electron chi connectivity index (χ3n) is 5.37. The Morgan fingerprint density at radius 2 is 1.16 bits per heavy atom. The van der Waals surface area contributed by atoms with Crippen LogP contribution in [0.15, 0.2) is 0 Å². The maximum absolute atomic E-state index is 7.63. The Balaban J connectivity index is 2.14. The van der Waals surface area contributed by atoms with Crippen molar-refractivity contribution in [1.82, 2.24) is 0 Å². The van der Waals surface area contributed by atoms with Crippen LogP contribution in [-0.2, 0) is 0 Å². The van der Waals surface area contributed by atoms with Gasteiger partial charge < -0.3 is 0 Å². The predicted molar refractivity (Wildman–Crippen MR) is 93.4 cm³/mol. The molecule has 0 unspecified atom stereocenters. The molecule has 0 aliphatic heterocycles. The van der Waals surface area contributed by atoms with Crippen molar-refractivity contribution in [2.45, 2.75) is 95.8 Å². The van der Waals surface area contributed by atoms with E-state index in [4.69, 9.17) is 8.92 Å². The minimum atomic E-state index is -2.42. The Bertz CT molecular complexity index is 257. The van der Waals surface area contributed by atoms with Crippen molar-refractivity contribution in [3.63, 3.8) is 0 Å². The summed E-state index contributed by atoms with van der Waals surface area (Å²) in [6, 6.07) is 0. The second-order valence-corrected chi connectivity index (χ2v) is 31.5. The molecule has 112 valence electrons. The molecule has 2 rings (SSSR count). The van der Waals surface area contributed by atoms with Crippen LogP contribution in [0.1, 0.15) is 64.2 Å². The molecule has 0 aromatic heterocycles. The summed E-state index contributed by atoms with van der Waals surface area (Å²) in [4.78, 5) is 0. The quantitative estimate of drug-likeness (QED) is 0.454. The van der Waals surface area contributed by atoms with E-state index in [2.05, 4.69) is 19.6 Å². The van der Waals surface area contributed by atoms with Gasteiger partial charge in [-0.1, -0.05) is 0 Å². The van der Waals surface area contributed by atoms with E-state index in [1.54, 1.807) is 4.06 Å². The van der Waals surface area contributed by atoms with Gasteiger partial charge in [-0.25, -0.2) is 0 Å². The van der Waals surface area contributed by atoms with Crippen LogP contribution in [0, 0.1) is 0 Å². The van der Waals surface area contributed by atoms with E-state index < -0.39 is 25.3 Å². The van der Waals surface area contributed by atoms with Gasteiger partial charge in [0.05, 0.1) is 0 Å². The average molecular weight is 408 g/mol. The van der Waals surface area contributed by atoms with Crippen molar-refractivity contribution >= 4 is 34.2 Å². The van der Waals surface area contributed by atoms with Crippen LogP contribution in [0.5, 0.6) is 0 Å². The van der Waals surface area contributed by atoms with E-state index in [0.29, 0.717) is 0 Å². The van der Waals surface area contributed by atoms with Gasteiger partial charge in [0.15, 0.2) is 0 Å². The molecular formula is C16H33ClSiSn. The zero-order valence-electron chi connectivity index (χ0n) is 13.3. The molecule has 0 saturated heterocycles. The Kier molecular flexibility index (Phi) is 6.18. The van der Waals surface area contributed by atoms with Crippen molar-refractivity contribution in [2.24, 2.45) is 0 Å². The van der Waals surface area contributed by atoms with Crippen LogP contribution in [0.25, 0.3) is 0 Å². The fourth-order valence-corrected chi connectivity index (χ4v) is 46.4. The fraction of sp³-hybridized carbons (Fsp3) is 1.00. The molecule has 0 bridgehead atoms. The first kappa shape index (κ1) is 16.7. The van der Waals surface area contributed by atoms with Crippen molar-refractivity contribution in [3.05, 3.63) is 0 Å². The summed E-state index contributed by atoms with van der Waals surface area (Å²) >= 11 is -2.42. The summed E-state index contributed by atoms with van der Waals surface area (Å²) in [7, 11) is 6.63. The monoisotopic (exact) mass is 408 g/mol. The summed E-state index contributed by atoms with van der Waals surface area (Å²) in [5.74, 6) is 0. The van der Waals surface area contributed by atoms with Gasteiger partial charge in [-0.3, -0.25) is 0 Å². The number of rotatable bonds is 4. The molecule has 19 heavy (non-hydrogen) atoms. The van der Waals surface area contributed by atoms with Gasteiger partial charge in [0.1, 0.15) is 0 Å². The average Bonchev–Trinajstić information content (AvgIpc) is 2.39. The second-order valence-electron chi connectivity index (χ2n) is 8.33. The van der Waals surface area contributed by atoms with Crippen LogP contribution < -0.4 is 0 Å². The van der Waals surface area contributed by atoms with E-state index in [-0.39, 0.29) is 0 Å². The van der Waals surface area contributed by atoms with Gasteiger partial charge in [-0.05, 0) is 0 Å². The molecule has 0 atom stereocenters. The summed E-state index contributed by atoms with van der Waals surface area (Å²) < 4.78 is 3.61. The minimum absolute atomic E-state index is 0.999. The van der Waals surface area contributed by atoms with E-state index in [1.807, 2.05) is 0 Å². The topological polar surface area (TPSA) is 0 Å². The Morgan fingerprint density at radius 3 is 1.47 bits per heavy atom. The predicted octanol–water partition coefficient (Wildman–Crippen LogP) is 6.72. The molecule has 2 aliphatic carbocycles. The van der Waals surface area contributed by atoms with Crippen molar-refractivity contribution in [2.75, 3.05) is 0 Å². The zero-order valence-corrected chi connectivity index (χ0v) is 17.9. The molecule has 3 heteroatoms. The van der Waals surface area contributed by atoms with E-state index in [0.717, 1.165) is 7.87 Å². The maximum atomic E-state index is 7.63. The summed E-state index contributed by atoms with van der Waals surface area (Å²) in [6.07, 6.45) is 14.9. The van der Waals surface area contributed by atoms with Gasteiger partial charge in [0, 0.05) is 0 Å². The molecule has 0 spiro atoms. The molecule has 0 N–H and O–H groups in total. The zero-order chi connectivity index (χ0) is 13.9. The van der Waals surface area contributed by atoms with Gasteiger partial charge in [-0.15, -0.1) is 0 Å². The van der Waals surface area contributed by atoms with Crippen LogP contribution in [0.4, 0.5) is 0 Å². The van der Waals surface area contributed by atoms with Gasteiger partial charge in [0.25, 0.3) is 0 Å². The van der Waals surface area contributed by atoms with E-state index in [1.165, 1.54) is 64.2 Å². The first-order valence-electron chi connectivity index (χ1n) is 8.61. The van der Waals surface area contributed by atoms with Gasteiger partial charge >= 0.3 is 130 Å². The third-order valence-corrected chi connectivity index (χ3v) is 38.6. The van der Waals surface area contributed by atoms with Crippen LogP contribution >= 0.6 is 8.92 Å². The molecule has 0 amide bonds. The summed E-state index contributed by atoms with van der Waals surface area (Å²) in [5, 5.41) is 0. The third kappa shape index (κ3) is 4.64. The van der Waals surface area contributed by atoms with E-state index in [9.17, 15) is 0 Å². The fourth-order valence-electron chi connectivity index (χ4n) is 4.60. The standard InChI is InChI=1S/2C6H11.C4H11Si.ClH.Sn/c2*1-2-4-6-5-3-1;1-5(2,3)4;;/h2*1H,2-6H2;1H2,2-4H3;1H;/q;;;;+1/p-1. The van der Waals surface area contributed by atoms with Crippen LogP contribution in [0.3, 0.4) is 0 Å². The molecule has 0 aromatic carbocycles. The Hall–Kier alpha value is 1.31. The molecule has 2 aliphatic rings. The Labute approximate surface area is 129 Å². The van der Waals surface area contributed by atoms with Crippen molar-refractivity contribution < 1.29 is 0 Å². The number of hydrogen-bond acceptors (Lipinski definition) is 0. The van der Waals surface area contributed by atoms with Gasteiger partial charge in [0.2, 0.25) is 0 Å². The second kappa shape index (κ2) is 7.04. The summed E-state index contributed by atoms with van der Waals surface area (Å²) in [5.41, 5.74) is 0. The molecular weight excluding hydrogens is 374 g/mol. The SMILES string of the molecule is C[Si](C)(C)[CH2][Sn]([Cl])([CH]1CCCCC1)[CH]1CCCCC1. The van der Waals surface area contributed by atoms with Crippen molar-refractivity contribution in [1.29, 1.82) is 0 Å². The molecule has 0 radical (unpaired) electrons. The Morgan fingerprint density at radius 1 is 0.789 bits per heavy atom.